The molecule has 0 bridgehead atoms. The Labute approximate surface area is 123 Å². The van der Waals surface area contributed by atoms with Gasteiger partial charge in [0.15, 0.2) is 5.16 Å². The van der Waals surface area contributed by atoms with E-state index in [0.717, 1.165) is 17.8 Å². The van der Waals surface area contributed by atoms with Gasteiger partial charge in [-0.1, -0.05) is 0 Å². The molecule has 0 aliphatic heterocycles. The second-order valence-electron chi connectivity index (χ2n) is 3.88. The van der Waals surface area contributed by atoms with Crippen molar-refractivity contribution < 1.29 is 9.53 Å². The van der Waals surface area contributed by atoms with Crippen molar-refractivity contribution in [2.75, 3.05) is 18.1 Å². The zero-order valence-electron chi connectivity index (χ0n) is 11.1. The fraction of sp³-hybridized carbons (Fsp3) is 0.167. The number of esters is 1. The van der Waals surface area contributed by atoms with Gasteiger partial charge in [-0.25, -0.2) is 14.8 Å². The number of nitrogens with two attached hydrogens (primary N) is 2. The largest absolute Gasteiger partial charge is 0.462 e. The van der Waals surface area contributed by atoms with Gasteiger partial charge in [0.05, 0.1) is 17.9 Å². The summed E-state index contributed by atoms with van der Waals surface area (Å²) in [5.41, 5.74) is 11.4. The van der Waals surface area contributed by atoms with E-state index in [1.165, 1.54) is 12.3 Å². The van der Waals surface area contributed by atoms with E-state index in [1.54, 1.807) is 6.92 Å². The Morgan fingerprint density at radius 1 is 1.48 bits per heavy atom. The van der Waals surface area contributed by atoms with Gasteiger partial charge in [0.1, 0.15) is 10.8 Å². The van der Waals surface area contributed by atoms with Gasteiger partial charge < -0.3 is 21.2 Å². The summed E-state index contributed by atoms with van der Waals surface area (Å²) < 4.78 is 4.90. The molecule has 0 aliphatic carbocycles. The smallest absolute Gasteiger partial charge is 0.340 e. The summed E-state index contributed by atoms with van der Waals surface area (Å²) in [5, 5.41) is 0.564. The highest BCUT2D eigenvalue weighted by molar-refractivity contribution is 7.99. The molecule has 0 saturated heterocycles. The van der Waals surface area contributed by atoms with E-state index in [1.807, 2.05) is 0 Å². The molecule has 110 valence electrons. The lowest BCUT2D eigenvalue weighted by Gasteiger charge is -2.08. The molecule has 0 aromatic carbocycles. The van der Waals surface area contributed by atoms with Crippen molar-refractivity contribution in [2.24, 2.45) is 0 Å². The number of carbonyl (C=O) groups is 1. The lowest BCUT2D eigenvalue weighted by atomic mass is 10.2. The number of aromatic nitrogens is 3. The van der Waals surface area contributed by atoms with Crippen LogP contribution >= 0.6 is 11.8 Å². The SMILES string of the molecule is CCOC(=O)c1ccnc(Sc2nc(N)cc(=O)[nH]2)c1N. The molecule has 9 heteroatoms. The first-order valence-corrected chi connectivity index (χ1v) is 6.79. The molecule has 0 saturated carbocycles. The van der Waals surface area contributed by atoms with Gasteiger partial charge in [-0.15, -0.1) is 0 Å². The van der Waals surface area contributed by atoms with E-state index < -0.39 is 5.97 Å². The average molecular weight is 307 g/mol. The van der Waals surface area contributed by atoms with Crippen LogP contribution in [0.4, 0.5) is 11.5 Å². The molecule has 2 aromatic rings. The lowest BCUT2D eigenvalue weighted by molar-refractivity contribution is 0.0527. The van der Waals surface area contributed by atoms with Crippen molar-refractivity contribution in [1.82, 2.24) is 15.0 Å². The molecule has 0 fully saturated rings. The minimum absolute atomic E-state index is 0.0846. The van der Waals surface area contributed by atoms with Crippen molar-refractivity contribution in [3.05, 3.63) is 34.2 Å². The molecular formula is C12H13N5O3S. The van der Waals surface area contributed by atoms with Crippen LogP contribution in [0, 0.1) is 0 Å². The van der Waals surface area contributed by atoms with Gasteiger partial charge in [-0.2, -0.15) is 0 Å². The van der Waals surface area contributed by atoms with Crippen LogP contribution in [0.3, 0.4) is 0 Å². The molecule has 0 radical (unpaired) electrons. The number of rotatable bonds is 4. The summed E-state index contributed by atoms with van der Waals surface area (Å²) in [6.07, 6.45) is 1.43. The first-order valence-electron chi connectivity index (χ1n) is 5.97. The molecule has 0 aliphatic rings. The predicted octanol–water partition coefficient (Wildman–Crippen LogP) is 0.657. The summed E-state index contributed by atoms with van der Waals surface area (Å²) in [5.74, 6) is -0.449. The van der Waals surface area contributed by atoms with E-state index in [4.69, 9.17) is 16.2 Å². The maximum atomic E-state index is 11.7. The number of carbonyl (C=O) groups excluding carboxylic acids is 1. The zero-order chi connectivity index (χ0) is 15.4. The topological polar surface area (TPSA) is 137 Å². The molecule has 2 rings (SSSR count). The fourth-order valence-electron chi connectivity index (χ4n) is 1.52. The van der Waals surface area contributed by atoms with Gasteiger partial charge in [-0.05, 0) is 24.8 Å². The lowest BCUT2D eigenvalue weighted by Crippen LogP contribution is -2.11. The van der Waals surface area contributed by atoms with E-state index in [0.29, 0.717) is 5.03 Å². The summed E-state index contributed by atoms with van der Waals surface area (Å²) in [7, 11) is 0. The monoisotopic (exact) mass is 307 g/mol. The molecule has 0 spiro atoms. The third kappa shape index (κ3) is 3.51. The second kappa shape index (κ2) is 6.27. The number of ether oxygens (including phenoxy) is 1. The van der Waals surface area contributed by atoms with Crippen molar-refractivity contribution in [1.29, 1.82) is 0 Å². The number of nitrogens with one attached hydrogen (secondary N) is 1. The third-order valence-corrected chi connectivity index (χ3v) is 3.29. The van der Waals surface area contributed by atoms with Crippen molar-refractivity contribution >= 4 is 29.2 Å². The standard InChI is InChI=1S/C12H13N5O3S/c1-2-20-11(19)6-3-4-15-10(9(6)14)21-12-16-7(13)5-8(18)17-12/h3-5H,2,14H2,1H3,(H3,13,16,17,18). The number of hydrogen-bond acceptors (Lipinski definition) is 8. The normalized spacial score (nSPS) is 10.3. The Bertz CT molecular complexity index is 731. The molecule has 21 heavy (non-hydrogen) atoms. The third-order valence-electron chi connectivity index (χ3n) is 2.38. The summed E-state index contributed by atoms with van der Waals surface area (Å²) in [6.45, 7) is 1.94. The maximum Gasteiger partial charge on any atom is 0.340 e. The van der Waals surface area contributed by atoms with Gasteiger partial charge in [0.2, 0.25) is 0 Å². The van der Waals surface area contributed by atoms with Crippen molar-refractivity contribution in [2.45, 2.75) is 17.1 Å². The highest BCUT2D eigenvalue weighted by atomic mass is 32.2. The Kier molecular flexibility index (Phi) is 4.43. The highest BCUT2D eigenvalue weighted by Crippen LogP contribution is 2.29. The molecular weight excluding hydrogens is 294 g/mol. The van der Waals surface area contributed by atoms with Crippen LogP contribution in [-0.2, 0) is 4.74 Å². The first kappa shape index (κ1) is 14.9. The highest BCUT2D eigenvalue weighted by Gasteiger charge is 2.16. The number of anilines is 2. The molecule has 2 heterocycles. The Morgan fingerprint density at radius 3 is 2.90 bits per heavy atom. The molecule has 8 nitrogen and oxygen atoms in total. The van der Waals surface area contributed by atoms with E-state index in [2.05, 4.69) is 15.0 Å². The number of nitrogens with zero attached hydrogens (tertiary/aromatic N) is 2. The molecule has 2 aromatic heterocycles. The Balaban J connectivity index is 2.34. The zero-order valence-corrected chi connectivity index (χ0v) is 11.9. The van der Waals surface area contributed by atoms with E-state index >= 15 is 0 Å². The quantitative estimate of drug-likeness (QED) is 0.553. The Morgan fingerprint density at radius 2 is 2.24 bits per heavy atom. The van der Waals surface area contributed by atoms with Gasteiger partial charge >= 0.3 is 5.97 Å². The van der Waals surface area contributed by atoms with Gasteiger partial charge in [0, 0.05) is 12.3 Å². The van der Waals surface area contributed by atoms with Crippen LogP contribution in [0.5, 0.6) is 0 Å². The number of hydrogen-bond donors (Lipinski definition) is 3. The minimum Gasteiger partial charge on any atom is -0.462 e. The second-order valence-corrected chi connectivity index (χ2v) is 4.85. The summed E-state index contributed by atoms with van der Waals surface area (Å²) >= 11 is 1.00. The fourth-order valence-corrected chi connectivity index (χ4v) is 2.33. The molecule has 0 amide bonds. The van der Waals surface area contributed by atoms with Gasteiger partial charge in [-0.3, -0.25) is 4.79 Å². The average Bonchev–Trinajstić information content (AvgIpc) is 2.40. The number of aromatic amines is 1. The molecule has 5 N–H and O–H groups in total. The van der Waals surface area contributed by atoms with Crippen molar-refractivity contribution in [3.8, 4) is 0 Å². The number of nitrogen functional groups attached to an aromatic ring is 2. The molecule has 0 atom stereocenters. The van der Waals surface area contributed by atoms with Crippen molar-refractivity contribution in [3.63, 3.8) is 0 Å². The summed E-state index contributed by atoms with van der Waals surface area (Å²) in [6, 6.07) is 2.63. The molecule has 0 unspecified atom stereocenters. The van der Waals surface area contributed by atoms with E-state index in [9.17, 15) is 9.59 Å². The number of pyridine rings is 1. The number of H-pyrrole nitrogens is 1. The van der Waals surface area contributed by atoms with Crippen LogP contribution in [-0.4, -0.2) is 27.5 Å². The van der Waals surface area contributed by atoms with Crippen LogP contribution in [0.2, 0.25) is 0 Å². The Hall–Kier alpha value is -2.55. The first-order chi connectivity index (χ1) is 10.0. The maximum absolute atomic E-state index is 11.7. The van der Waals surface area contributed by atoms with Crippen LogP contribution in [0.1, 0.15) is 17.3 Å². The van der Waals surface area contributed by atoms with Crippen LogP contribution < -0.4 is 17.0 Å². The van der Waals surface area contributed by atoms with Crippen LogP contribution in [0.25, 0.3) is 0 Å². The predicted molar refractivity (Wildman–Crippen MR) is 78.0 cm³/mol. The van der Waals surface area contributed by atoms with E-state index in [-0.39, 0.29) is 34.4 Å². The minimum atomic E-state index is -0.534. The summed E-state index contributed by atoms with van der Waals surface area (Å²) in [4.78, 5) is 33.6. The van der Waals surface area contributed by atoms with Gasteiger partial charge in [0.25, 0.3) is 5.56 Å². The van der Waals surface area contributed by atoms with Crippen LogP contribution in [0.15, 0.2) is 33.3 Å².